The van der Waals surface area contributed by atoms with Gasteiger partial charge in [-0.2, -0.15) is 0 Å². The molecule has 3 aromatic rings. The fourth-order valence-corrected chi connectivity index (χ4v) is 3.47. The van der Waals surface area contributed by atoms with Gasteiger partial charge in [0.2, 0.25) is 5.91 Å². The summed E-state index contributed by atoms with van der Waals surface area (Å²) in [7, 11) is 0. The lowest BCUT2D eigenvalue weighted by atomic mass is 10.1. The second-order valence-electron chi connectivity index (χ2n) is 6.97. The third-order valence-electron chi connectivity index (χ3n) is 4.92. The van der Waals surface area contributed by atoms with Crippen LogP contribution in [0.1, 0.15) is 34.5 Å². The van der Waals surface area contributed by atoms with E-state index in [9.17, 15) is 9.59 Å². The van der Waals surface area contributed by atoms with Gasteiger partial charge in [-0.25, -0.2) is 0 Å². The van der Waals surface area contributed by atoms with E-state index in [-0.39, 0.29) is 11.8 Å². The minimum atomic E-state index is -0.187. The first-order chi connectivity index (χ1) is 13.0. The number of nitrogens with one attached hydrogen (secondary N) is 1. The van der Waals surface area contributed by atoms with Crippen LogP contribution in [0.2, 0.25) is 0 Å². The van der Waals surface area contributed by atoms with Gasteiger partial charge in [-0.15, -0.1) is 0 Å². The van der Waals surface area contributed by atoms with Gasteiger partial charge in [0.05, 0.1) is 16.8 Å². The Morgan fingerprint density at radius 1 is 1.07 bits per heavy atom. The second-order valence-corrected chi connectivity index (χ2v) is 6.97. The average molecular weight is 359 g/mol. The highest BCUT2D eigenvalue weighted by molar-refractivity contribution is 6.07. The van der Waals surface area contributed by atoms with E-state index in [2.05, 4.69) is 10.3 Å². The van der Waals surface area contributed by atoms with E-state index in [1.165, 1.54) is 0 Å². The number of fused-ring (bicyclic) bond motifs is 1. The smallest absolute Gasteiger partial charge is 0.257 e. The van der Waals surface area contributed by atoms with Crippen LogP contribution < -0.4 is 10.2 Å². The molecule has 1 aliphatic heterocycles. The Hall–Kier alpha value is -3.21. The first kappa shape index (κ1) is 17.2. The fourth-order valence-electron chi connectivity index (χ4n) is 3.47. The van der Waals surface area contributed by atoms with Crippen LogP contribution >= 0.6 is 0 Å². The molecule has 0 unspecified atom stereocenters. The molecule has 1 aliphatic rings. The minimum Gasteiger partial charge on any atom is -0.322 e. The number of pyridine rings is 1. The predicted octanol–water partition coefficient (Wildman–Crippen LogP) is 4.23. The summed E-state index contributed by atoms with van der Waals surface area (Å²) in [5, 5.41) is 3.88. The number of benzene rings is 2. The van der Waals surface area contributed by atoms with Crippen LogP contribution in [0.3, 0.4) is 0 Å². The summed E-state index contributed by atoms with van der Waals surface area (Å²) in [5.74, 6) is -0.0339. The van der Waals surface area contributed by atoms with Gasteiger partial charge in [-0.1, -0.05) is 11.6 Å². The Morgan fingerprint density at radius 2 is 1.85 bits per heavy atom. The van der Waals surface area contributed by atoms with Crippen molar-refractivity contribution in [2.24, 2.45) is 0 Å². The zero-order valence-electron chi connectivity index (χ0n) is 15.5. The molecule has 2 amide bonds. The largest absolute Gasteiger partial charge is 0.322 e. The summed E-state index contributed by atoms with van der Waals surface area (Å²) in [6.45, 7) is 4.62. The molecule has 2 aromatic carbocycles. The third kappa shape index (κ3) is 3.40. The number of hydrogen-bond acceptors (Lipinski definition) is 3. The van der Waals surface area contributed by atoms with Crippen molar-refractivity contribution in [2.75, 3.05) is 16.8 Å². The SMILES string of the molecule is Cc1ccc2nc(C)c(C(=O)Nc3ccc(N4CCCC4=O)cc3)cc2c1. The first-order valence-electron chi connectivity index (χ1n) is 9.11. The molecular weight excluding hydrogens is 338 g/mol. The fraction of sp³-hybridized carbons (Fsp3) is 0.227. The molecule has 27 heavy (non-hydrogen) atoms. The summed E-state index contributed by atoms with van der Waals surface area (Å²) in [5.41, 5.74) is 4.84. The number of aryl methyl sites for hydroxylation is 2. The second kappa shape index (κ2) is 6.83. The Bertz CT molecular complexity index is 1040. The van der Waals surface area contributed by atoms with Crippen LogP contribution in [0, 0.1) is 13.8 Å². The van der Waals surface area contributed by atoms with Crippen LogP contribution in [0.15, 0.2) is 48.5 Å². The molecule has 0 spiro atoms. The molecule has 0 atom stereocenters. The number of nitrogens with zero attached hydrogens (tertiary/aromatic N) is 2. The Labute approximate surface area is 158 Å². The standard InChI is InChI=1S/C22H21N3O2/c1-14-5-10-20-16(12-14)13-19(15(2)23-20)22(27)24-17-6-8-18(9-7-17)25-11-3-4-21(25)26/h5-10,12-13H,3-4,11H2,1-2H3,(H,24,27). The normalized spacial score (nSPS) is 14.0. The lowest BCUT2D eigenvalue weighted by molar-refractivity contribution is -0.117. The van der Waals surface area contributed by atoms with Gasteiger partial charge >= 0.3 is 0 Å². The summed E-state index contributed by atoms with van der Waals surface area (Å²) in [4.78, 5) is 30.9. The lowest BCUT2D eigenvalue weighted by Crippen LogP contribution is -2.23. The van der Waals surface area contributed by atoms with Gasteiger partial charge in [0, 0.05) is 29.7 Å². The van der Waals surface area contributed by atoms with E-state index in [4.69, 9.17) is 0 Å². The maximum atomic E-state index is 12.7. The number of aromatic nitrogens is 1. The maximum Gasteiger partial charge on any atom is 0.257 e. The zero-order valence-corrected chi connectivity index (χ0v) is 15.5. The maximum absolute atomic E-state index is 12.7. The van der Waals surface area contributed by atoms with Crippen molar-refractivity contribution in [2.45, 2.75) is 26.7 Å². The molecule has 136 valence electrons. The number of hydrogen-bond donors (Lipinski definition) is 1. The van der Waals surface area contributed by atoms with E-state index in [0.717, 1.165) is 35.1 Å². The molecule has 2 heterocycles. The number of carbonyl (C=O) groups excluding carboxylic acids is 2. The molecule has 1 fully saturated rings. The van der Waals surface area contributed by atoms with Gasteiger partial charge in [-0.05, 0) is 62.7 Å². The molecule has 1 N–H and O–H groups in total. The number of carbonyl (C=O) groups is 2. The zero-order chi connectivity index (χ0) is 19.0. The quantitative estimate of drug-likeness (QED) is 0.761. The van der Waals surface area contributed by atoms with E-state index < -0.39 is 0 Å². The van der Waals surface area contributed by atoms with Crippen molar-refractivity contribution in [3.05, 3.63) is 65.4 Å². The van der Waals surface area contributed by atoms with Gasteiger partial charge < -0.3 is 10.2 Å². The van der Waals surface area contributed by atoms with Crippen LogP contribution in [0.4, 0.5) is 11.4 Å². The molecule has 1 aromatic heterocycles. The van der Waals surface area contributed by atoms with Gasteiger partial charge in [-0.3, -0.25) is 14.6 Å². The summed E-state index contributed by atoms with van der Waals surface area (Å²) in [6.07, 6.45) is 1.50. The first-order valence-corrected chi connectivity index (χ1v) is 9.11. The van der Waals surface area contributed by atoms with Crippen molar-refractivity contribution in [1.29, 1.82) is 0 Å². The molecule has 0 bridgehead atoms. The van der Waals surface area contributed by atoms with E-state index >= 15 is 0 Å². The van der Waals surface area contributed by atoms with Crippen LogP contribution in [0.5, 0.6) is 0 Å². The minimum absolute atomic E-state index is 0.153. The van der Waals surface area contributed by atoms with E-state index in [1.54, 1.807) is 4.90 Å². The van der Waals surface area contributed by atoms with E-state index in [1.807, 2.05) is 62.4 Å². The Morgan fingerprint density at radius 3 is 2.56 bits per heavy atom. The van der Waals surface area contributed by atoms with Gasteiger partial charge in [0.15, 0.2) is 0 Å². The van der Waals surface area contributed by atoms with Crippen LogP contribution in [-0.2, 0) is 4.79 Å². The molecule has 5 heteroatoms. The van der Waals surface area contributed by atoms with Crippen molar-refractivity contribution in [3.8, 4) is 0 Å². The highest BCUT2D eigenvalue weighted by Gasteiger charge is 2.21. The highest BCUT2D eigenvalue weighted by Crippen LogP contribution is 2.24. The van der Waals surface area contributed by atoms with Crippen molar-refractivity contribution in [3.63, 3.8) is 0 Å². The summed E-state index contributed by atoms with van der Waals surface area (Å²) < 4.78 is 0. The highest BCUT2D eigenvalue weighted by atomic mass is 16.2. The van der Waals surface area contributed by atoms with Crippen LogP contribution in [0.25, 0.3) is 10.9 Å². The number of rotatable bonds is 3. The van der Waals surface area contributed by atoms with Gasteiger partial charge in [0.1, 0.15) is 0 Å². The third-order valence-corrected chi connectivity index (χ3v) is 4.92. The number of amides is 2. The monoisotopic (exact) mass is 359 g/mol. The van der Waals surface area contributed by atoms with Crippen molar-refractivity contribution < 1.29 is 9.59 Å². The number of anilines is 2. The van der Waals surface area contributed by atoms with E-state index in [0.29, 0.717) is 23.4 Å². The summed E-state index contributed by atoms with van der Waals surface area (Å²) >= 11 is 0. The summed E-state index contributed by atoms with van der Waals surface area (Å²) in [6, 6.07) is 15.3. The molecule has 5 nitrogen and oxygen atoms in total. The van der Waals surface area contributed by atoms with Crippen LogP contribution in [-0.4, -0.2) is 23.3 Å². The predicted molar refractivity (Wildman–Crippen MR) is 107 cm³/mol. The molecule has 1 saturated heterocycles. The molecule has 0 aliphatic carbocycles. The molecule has 0 radical (unpaired) electrons. The van der Waals surface area contributed by atoms with Crippen molar-refractivity contribution in [1.82, 2.24) is 4.98 Å². The molecular formula is C22H21N3O2. The molecule has 4 rings (SSSR count). The topological polar surface area (TPSA) is 62.3 Å². The Balaban J connectivity index is 1.56. The van der Waals surface area contributed by atoms with Gasteiger partial charge in [0.25, 0.3) is 5.91 Å². The lowest BCUT2D eigenvalue weighted by Gasteiger charge is -2.16. The molecule has 0 saturated carbocycles. The van der Waals surface area contributed by atoms with Crippen molar-refractivity contribution >= 4 is 34.1 Å². The Kier molecular flexibility index (Phi) is 4.36. The average Bonchev–Trinajstić information content (AvgIpc) is 3.08.